The second-order valence-electron chi connectivity index (χ2n) is 4.40. The third kappa shape index (κ3) is 9.21. The van der Waals surface area contributed by atoms with E-state index in [1.807, 2.05) is 13.0 Å². The van der Waals surface area contributed by atoms with Crippen molar-refractivity contribution in [1.29, 1.82) is 0 Å². The van der Waals surface area contributed by atoms with Crippen molar-refractivity contribution >= 4 is 11.9 Å². The number of carbonyl (C=O) groups is 2. The van der Waals surface area contributed by atoms with Gasteiger partial charge in [-0.1, -0.05) is 38.3 Å². The van der Waals surface area contributed by atoms with Crippen LogP contribution in [0.3, 0.4) is 0 Å². The second kappa shape index (κ2) is 10.4. The third-order valence-corrected chi connectivity index (χ3v) is 2.09. The summed E-state index contributed by atoms with van der Waals surface area (Å²) in [6.07, 6.45) is 0.860. The zero-order chi connectivity index (χ0) is 16.3. The molecule has 0 heterocycles. The molecule has 4 heteroatoms. The summed E-state index contributed by atoms with van der Waals surface area (Å²) in [4.78, 5) is 21.6. The van der Waals surface area contributed by atoms with Gasteiger partial charge < -0.3 is 9.47 Å². The quantitative estimate of drug-likeness (QED) is 0.471. The Bertz CT molecular complexity index is 489. The molecule has 1 aromatic rings. The average molecular weight is 290 g/mol. The maximum atomic E-state index is 11.0. The molecule has 0 bridgehead atoms. The van der Waals surface area contributed by atoms with Crippen LogP contribution in [-0.4, -0.2) is 18.5 Å². The molecule has 0 aliphatic rings. The summed E-state index contributed by atoms with van der Waals surface area (Å²) in [5.41, 5.74) is 0.863. The minimum Gasteiger partial charge on any atom is -0.462 e. The molecule has 0 N–H and O–H groups in total. The Kier molecular flexibility index (Phi) is 9.26. The summed E-state index contributed by atoms with van der Waals surface area (Å²) in [6.45, 7) is 12.6. The summed E-state index contributed by atoms with van der Waals surface area (Å²) >= 11 is 0. The molecule has 0 aliphatic heterocycles. The predicted octanol–water partition coefficient (Wildman–Crippen LogP) is 3.68. The third-order valence-electron chi connectivity index (χ3n) is 2.09. The highest BCUT2D eigenvalue weighted by molar-refractivity contribution is 5.88. The molecule has 0 unspecified atom stereocenters. The van der Waals surface area contributed by atoms with Crippen molar-refractivity contribution in [3.8, 4) is 5.75 Å². The van der Waals surface area contributed by atoms with E-state index in [1.54, 1.807) is 38.1 Å². The van der Waals surface area contributed by atoms with Gasteiger partial charge in [0.25, 0.3) is 0 Å². The van der Waals surface area contributed by atoms with E-state index in [4.69, 9.17) is 9.47 Å². The molecule has 114 valence electrons. The van der Waals surface area contributed by atoms with Crippen LogP contribution in [0, 0.1) is 0 Å². The largest absolute Gasteiger partial charge is 0.462 e. The normalized spacial score (nSPS) is 8.90. The summed E-state index contributed by atoms with van der Waals surface area (Å²) in [7, 11) is 0. The number of benzene rings is 1. The van der Waals surface area contributed by atoms with Gasteiger partial charge in [-0.15, -0.1) is 0 Å². The fraction of sp³-hybridized carbons (Fsp3) is 0.294. The maximum absolute atomic E-state index is 11.0. The maximum Gasteiger partial charge on any atom is 0.338 e. The SMILES string of the molecule is C=C(C)C(=O)OCCC.C=C(C)C(=O)Oc1ccccc1. The van der Waals surface area contributed by atoms with Crippen molar-refractivity contribution in [3.63, 3.8) is 0 Å². The van der Waals surface area contributed by atoms with Gasteiger partial charge in [-0.05, 0) is 32.4 Å². The highest BCUT2D eigenvalue weighted by Gasteiger charge is 2.03. The Morgan fingerprint density at radius 1 is 1.00 bits per heavy atom. The summed E-state index contributed by atoms with van der Waals surface area (Å²) in [5.74, 6) is -0.136. The average Bonchev–Trinajstić information content (AvgIpc) is 2.46. The fourth-order valence-corrected chi connectivity index (χ4v) is 1.00. The van der Waals surface area contributed by atoms with Gasteiger partial charge in [-0.3, -0.25) is 0 Å². The molecule has 0 radical (unpaired) electrons. The zero-order valence-electron chi connectivity index (χ0n) is 12.8. The highest BCUT2D eigenvalue weighted by atomic mass is 16.5. The van der Waals surface area contributed by atoms with Crippen molar-refractivity contribution in [2.45, 2.75) is 27.2 Å². The van der Waals surface area contributed by atoms with Gasteiger partial charge in [0.05, 0.1) is 6.61 Å². The smallest absolute Gasteiger partial charge is 0.338 e. The first kappa shape index (κ1) is 18.6. The first-order valence-corrected chi connectivity index (χ1v) is 6.63. The number of hydrogen-bond donors (Lipinski definition) is 0. The van der Waals surface area contributed by atoms with Crippen molar-refractivity contribution < 1.29 is 19.1 Å². The Morgan fingerprint density at radius 2 is 1.52 bits per heavy atom. The Balaban J connectivity index is 0.000000400. The summed E-state index contributed by atoms with van der Waals surface area (Å²) in [6, 6.07) is 8.92. The summed E-state index contributed by atoms with van der Waals surface area (Å²) in [5, 5.41) is 0. The van der Waals surface area contributed by atoms with Gasteiger partial charge in [0, 0.05) is 11.1 Å². The topological polar surface area (TPSA) is 52.6 Å². The molecule has 1 rings (SSSR count). The molecule has 1 aromatic carbocycles. The van der Waals surface area contributed by atoms with Crippen molar-refractivity contribution in [3.05, 3.63) is 54.6 Å². The van der Waals surface area contributed by atoms with Crippen LogP contribution in [0.5, 0.6) is 5.75 Å². The van der Waals surface area contributed by atoms with E-state index in [0.29, 0.717) is 23.5 Å². The molecule has 0 aromatic heterocycles. The van der Waals surface area contributed by atoms with Crippen LogP contribution in [0.4, 0.5) is 0 Å². The van der Waals surface area contributed by atoms with Crippen LogP contribution in [0.1, 0.15) is 27.2 Å². The first-order valence-electron chi connectivity index (χ1n) is 6.63. The summed E-state index contributed by atoms with van der Waals surface area (Å²) < 4.78 is 9.65. The lowest BCUT2D eigenvalue weighted by molar-refractivity contribution is -0.139. The lowest BCUT2D eigenvalue weighted by Crippen LogP contribution is -2.07. The Labute approximate surface area is 126 Å². The van der Waals surface area contributed by atoms with E-state index in [0.717, 1.165) is 6.42 Å². The van der Waals surface area contributed by atoms with Crippen molar-refractivity contribution in [1.82, 2.24) is 0 Å². The fourth-order valence-electron chi connectivity index (χ4n) is 1.00. The number of rotatable bonds is 5. The predicted molar refractivity (Wildman–Crippen MR) is 83.0 cm³/mol. The van der Waals surface area contributed by atoms with Crippen LogP contribution < -0.4 is 4.74 Å². The second-order valence-corrected chi connectivity index (χ2v) is 4.40. The molecule has 0 fully saturated rings. The van der Waals surface area contributed by atoms with Gasteiger partial charge in [0.2, 0.25) is 0 Å². The van der Waals surface area contributed by atoms with Gasteiger partial charge in [0.15, 0.2) is 0 Å². The number of ether oxygens (including phenoxy) is 2. The minimum atomic E-state index is -0.388. The zero-order valence-corrected chi connectivity index (χ0v) is 12.8. The van der Waals surface area contributed by atoms with Crippen LogP contribution in [-0.2, 0) is 14.3 Å². The van der Waals surface area contributed by atoms with Gasteiger partial charge in [0.1, 0.15) is 5.75 Å². The van der Waals surface area contributed by atoms with E-state index in [2.05, 4.69) is 13.2 Å². The monoisotopic (exact) mass is 290 g/mol. The molecular formula is C17H22O4. The molecule has 0 amide bonds. The Hall–Kier alpha value is -2.36. The van der Waals surface area contributed by atoms with Crippen molar-refractivity contribution in [2.24, 2.45) is 0 Å². The van der Waals surface area contributed by atoms with Crippen molar-refractivity contribution in [2.75, 3.05) is 6.61 Å². The van der Waals surface area contributed by atoms with Crippen LogP contribution in [0.15, 0.2) is 54.6 Å². The minimum absolute atomic E-state index is 0.295. The number of para-hydroxylation sites is 1. The molecule has 4 nitrogen and oxygen atoms in total. The molecular weight excluding hydrogens is 268 g/mol. The lowest BCUT2D eigenvalue weighted by Gasteiger charge is -2.01. The first-order chi connectivity index (χ1) is 9.88. The van der Waals surface area contributed by atoms with E-state index >= 15 is 0 Å². The molecule has 0 saturated heterocycles. The lowest BCUT2D eigenvalue weighted by atomic mass is 10.3. The molecule has 0 spiro atoms. The highest BCUT2D eigenvalue weighted by Crippen LogP contribution is 2.09. The van der Waals surface area contributed by atoms with E-state index < -0.39 is 0 Å². The van der Waals surface area contributed by atoms with Gasteiger partial charge in [-0.25, -0.2) is 9.59 Å². The molecule has 21 heavy (non-hydrogen) atoms. The number of esters is 2. The van der Waals surface area contributed by atoms with Crippen LogP contribution in [0.25, 0.3) is 0 Å². The van der Waals surface area contributed by atoms with Crippen LogP contribution in [0.2, 0.25) is 0 Å². The molecule has 0 atom stereocenters. The van der Waals surface area contributed by atoms with Gasteiger partial charge in [-0.2, -0.15) is 0 Å². The molecule has 0 aliphatic carbocycles. The van der Waals surface area contributed by atoms with E-state index in [-0.39, 0.29) is 11.9 Å². The Morgan fingerprint density at radius 3 is 1.95 bits per heavy atom. The van der Waals surface area contributed by atoms with Gasteiger partial charge >= 0.3 is 11.9 Å². The van der Waals surface area contributed by atoms with Crippen LogP contribution >= 0.6 is 0 Å². The standard InChI is InChI=1S/C10H10O2.C7H12O2/c1-8(2)10(11)12-9-6-4-3-5-7-9;1-4-5-9-7(8)6(2)3/h3-7H,1H2,2H3;2,4-5H2,1,3H3. The van der Waals surface area contributed by atoms with E-state index in [9.17, 15) is 9.59 Å². The number of hydrogen-bond acceptors (Lipinski definition) is 4. The number of carbonyl (C=O) groups excluding carboxylic acids is 2. The van der Waals surface area contributed by atoms with E-state index in [1.165, 1.54) is 0 Å². The molecule has 0 saturated carbocycles.